The van der Waals surface area contributed by atoms with Crippen molar-refractivity contribution >= 4 is 5.91 Å². The minimum Gasteiger partial charge on any atom is -0.495 e. The first-order valence-corrected chi connectivity index (χ1v) is 6.09. The second-order valence-corrected chi connectivity index (χ2v) is 4.42. The SMILES string of the molecule is COc1cc(CN2CCCCC2=O)ccc1C#N. The van der Waals surface area contributed by atoms with Crippen LogP contribution in [0.5, 0.6) is 5.75 Å². The summed E-state index contributed by atoms with van der Waals surface area (Å²) in [5.74, 6) is 0.782. The molecule has 4 heteroatoms. The van der Waals surface area contributed by atoms with Crippen LogP contribution in [-0.2, 0) is 11.3 Å². The summed E-state index contributed by atoms with van der Waals surface area (Å²) in [5, 5.41) is 8.91. The number of piperidine rings is 1. The number of likely N-dealkylation sites (tertiary alicyclic amines) is 1. The van der Waals surface area contributed by atoms with Gasteiger partial charge in [0.2, 0.25) is 5.91 Å². The third-order valence-corrected chi connectivity index (χ3v) is 3.18. The average molecular weight is 244 g/mol. The number of carbonyl (C=O) groups is 1. The quantitative estimate of drug-likeness (QED) is 0.818. The Hall–Kier alpha value is -2.02. The lowest BCUT2D eigenvalue weighted by Gasteiger charge is -2.26. The van der Waals surface area contributed by atoms with Gasteiger partial charge in [-0.3, -0.25) is 4.79 Å². The van der Waals surface area contributed by atoms with E-state index in [1.54, 1.807) is 13.2 Å². The Balaban J connectivity index is 2.14. The molecule has 0 aliphatic carbocycles. The summed E-state index contributed by atoms with van der Waals surface area (Å²) in [6, 6.07) is 7.53. The number of nitriles is 1. The Morgan fingerprint density at radius 2 is 2.28 bits per heavy atom. The molecule has 1 aromatic rings. The predicted molar refractivity (Wildman–Crippen MR) is 67.0 cm³/mol. The van der Waals surface area contributed by atoms with Crippen LogP contribution < -0.4 is 4.74 Å². The van der Waals surface area contributed by atoms with E-state index in [2.05, 4.69) is 6.07 Å². The summed E-state index contributed by atoms with van der Waals surface area (Å²) in [7, 11) is 1.55. The lowest BCUT2D eigenvalue weighted by molar-refractivity contribution is -0.133. The van der Waals surface area contributed by atoms with Gasteiger partial charge in [0.05, 0.1) is 12.7 Å². The number of amides is 1. The molecular weight excluding hydrogens is 228 g/mol. The molecule has 0 N–H and O–H groups in total. The van der Waals surface area contributed by atoms with Crippen molar-refractivity contribution in [2.45, 2.75) is 25.8 Å². The number of methoxy groups -OCH3 is 1. The standard InChI is InChI=1S/C14H16N2O2/c1-18-13-8-11(5-6-12(13)9-15)10-16-7-3-2-4-14(16)17/h5-6,8H,2-4,7,10H2,1H3. The van der Waals surface area contributed by atoms with Crippen LogP contribution >= 0.6 is 0 Å². The van der Waals surface area contributed by atoms with Gasteiger partial charge in [-0.1, -0.05) is 6.07 Å². The van der Waals surface area contributed by atoms with Crippen molar-refractivity contribution in [2.24, 2.45) is 0 Å². The first-order valence-electron chi connectivity index (χ1n) is 6.09. The van der Waals surface area contributed by atoms with E-state index >= 15 is 0 Å². The van der Waals surface area contributed by atoms with E-state index in [4.69, 9.17) is 10.00 Å². The number of hydrogen-bond donors (Lipinski definition) is 0. The molecule has 1 aromatic carbocycles. The molecule has 1 fully saturated rings. The summed E-state index contributed by atoms with van der Waals surface area (Å²) in [5.41, 5.74) is 1.52. The van der Waals surface area contributed by atoms with Gasteiger partial charge in [0.15, 0.2) is 0 Å². The van der Waals surface area contributed by atoms with E-state index in [0.29, 0.717) is 24.3 Å². The Labute approximate surface area is 107 Å². The van der Waals surface area contributed by atoms with Gasteiger partial charge in [0.25, 0.3) is 0 Å². The van der Waals surface area contributed by atoms with Crippen molar-refractivity contribution in [2.75, 3.05) is 13.7 Å². The zero-order chi connectivity index (χ0) is 13.0. The maximum Gasteiger partial charge on any atom is 0.222 e. The zero-order valence-corrected chi connectivity index (χ0v) is 10.5. The summed E-state index contributed by atoms with van der Waals surface area (Å²) in [6.45, 7) is 1.42. The monoisotopic (exact) mass is 244 g/mol. The highest BCUT2D eigenvalue weighted by molar-refractivity contribution is 5.76. The van der Waals surface area contributed by atoms with Crippen molar-refractivity contribution in [3.63, 3.8) is 0 Å². The molecule has 1 saturated heterocycles. The van der Waals surface area contributed by atoms with Crippen molar-refractivity contribution < 1.29 is 9.53 Å². The van der Waals surface area contributed by atoms with Gasteiger partial charge in [-0.25, -0.2) is 0 Å². The molecule has 0 radical (unpaired) electrons. The number of nitrogens with zero attached hydrogens (tertiary/aromatic N) is 2. The normalized spacial score (nSPS) is 15.3. The molecule has 1 amide bonds. The molecule has 0 bridgehead atoms. The predicted octanol–water partition coefficient (Wildman–Crippen LogP) is 2.08. The fraction of sp³-hybridized carbons (Fsp3) is 0.429. The molecule has 94 valence electrons. The zero-order valence-electron chi connectivity index (χ0n) is 10.5. The van der Waals surface area contributed by atoms with E-state index in [-0.39, 0.29) is 5.91 Å². The third kappa shape index (κ3) is 2.62. The largest absolute Gasteiger partial charge is 0.495 e. The topological polar surface area (TPSA) is 53.3 Å². The maximum atomic E-state index is 11.7. The maximum absolute atomic E-state index is 11.7. The van der Waals surface area contributed by atoms with Crippen LogP contribution in [0.2, 0.25) is 0 Å². The number of rotatable bonds is 3. The first kappa shape index (κ1) is 12.4. The van der Waals surface area contributed by atoms with E-state index in [0.717, 1.165) is 24.9 Å². The fourth-order valence-corrected chi connectivity index (χ4v) is 2.18. The first-order chi connectivity index (χ1) is 8.74. The van der Waals surface area contributed by atoms with Gasteiger partial charge in [-0.05, 0) is 30.5 Å². The van der Waals surface area contributed by atoms with E-state index < -0.39 is 0 Å². The fourth-order valence-electron chi connectivity index (χ4n) is 2.18. The van der Waals surface area contributed by atoms with E-state index in [1.165, 1.54) is 0 Å². The van der Waals surface area contributed by atoms with Gasteiger partial charge in [-0.15, -0.1) is 0 Å². The molecular formula is C14H16N2O2. The number of carbonyl (C=O) groups excluding carboxylic acids is 1. The van der Waals surface area contributed by atoms with Crippen LogP contribution in [0, 0.1) is 11.3 Å². The second-order valence-electron chi connectivity index (χ2n) is 4.42. The smallest absolute Gasteiger partial charge is 0.222 e. The lowest BCUT2D eigenvalue weighted by Crippen LogP contribution is -2.34. The van der Waals surface area contributed by atoms with Crippen molar-refractivity contribution in [1.82, 2.24) is 4.90 Å². The highest BCUT2D eigenvalue weighted by Crippen LogP contribution is 2.21. The number of hydrogen-bond acceptors (Lipinski definition) is 3. The molecule has 2 rings (SSSR count). The summed E-state index contributed by atoms with van der Waals surface area (Å²) >= 11 is 0. The van der Waals surface area contributed by atoms with Crippen LogP contribution in [0.1, 0.15) is 30.4 Å². The van der Waals surface area contributed by atoms with Gasteiger partial charge in [0.1, 0.15) is 11.8 Å². The minimum atomic E-state index is 0.213. The van der Waals surface area contributed by atoms with Gasteiger partial charge in [0, 0.05) is 19.5 Å². The molecule has 0 saturated carbocycles. The van der Waals surface area contributed by atoms with Gasteiger partial charge >= 0.3 is 0 Å². The summed E-state index contributed by atoms with van der Waals surface area (Å²) in [4.78, 5) is 13.6. The number of benzene rings is 1. The molecule has 4 nitrogen and oxygen atoms in total. The van der Waals surface area contributed by atoms with Crippen molar-refractivity contribution in [3.05, 3.63) is 29.3 Å². The molecule has 0 aromatic heterocycles. The molecule has 1 aliphatic rings. The molecule has 18 heavy (non-hydrogen) atoms. The highest BCUT2D eigenvalue weighted by Gasteiger charge is 2.18. The summed E-state index contributed by atoms with van der Waals surface area (Å²) in [6.07, 6.45) is 2.71. The van der Waals surface area contributed by atoms with Crippen LogP contribution in [0.3, 0.4) is 0 Å². The minimum absolute atomic E-state index is 0.213. The van der Waals surface area contributed by atoms with Gasteiger partial charge < -0.3 is 9.64 Å². The molecule has 0 spiro atoms. The van der Waals surface area contributed by atoms with Crippen molar-refractivity contribution in [3.8, 4) is 11.8 Å². The van der Waals surface area contributed by atoms with Crippen LogP contribution in [0.25, 0.3) is 0 Å². The summed E-state index contributed by atoms with van der Waals surface area (Å²) < 4.78 is 5.17. The average Bonchev–Trinajstić information content (AvgIpc) is 2.41. The molecule has 1 aliphatic heterocycles. The second kappa shape index (κ2) is 5.54. The van der Waals surface area contributed by atoms with Gasteiger partial charge in [-0.2, -0.15) is 5.26 Å². The Kier molecular flexibility index (Phi) is 3.83. The highest BCUT2D eigenvalue weighted by atomic mass is 16.5. The molecule has 1 heterocycles. The van der Waals surface area contributed by atoms with Crippen molar-refractivity contribution in [1.29, 1.82) is 5.26 Å². The Bertz CT molecular complexity index is 491. The lowest BCUT2D eigenvalue weighted by atomic mass is 10.1. The van der Waals surface area contributed by atoms with E-state index in [1.807, 2.05) is 17.0 Å². The van der Waals surface area contributed by atoms with Crippen LogP contribution in [0.4, 0.5) is 0 Å². The number of ether oxygens (including phenoxy) is 1. The third-order valence-electron chi connectivity index (χ3n) is 3.18. The molecule has 0 unspecified atom stereocenters. The van der Waals surface area contributed by atoms with Crippen LogP contribution in [-0.4, -0.2) is 24.5 Å². The Morgan fingerprint density at radius 3 is 2.94 bits per heavy atom. The Morgan fingerprint density at radius 1 is 1.44 bits per heavy atom. The molecule has 0 atom stereocenters. The van der Waals surface area contributed by atoms with Crippen LogP contribution in [0.15, 0.2) is 18.2 Å². The van der Waals surface area contributed by atoms with E-state index in [9.17, 15) is 4.79 Å².